The first kappa shape index (κ1) is 24.3. The van der Waals surface area contributed by atoms with Crippen LogP contribution in [-0.2, 0) is 12.5 Å². The lowest BCUT2D eigenvalue weighted by molar-refractivity contribution is 0.174. The van der Waals surface area contributed by atoms with E-state index in [2.05, 4.69) is 78.1 Å². The number of rotatable bonds is 4. The molecule has 0 amide bonds. The van der Waals surface area contributed by atoms with Crippen molar-refractivity contribution in [3.8, 4) is 11.5 Å². The van der Waals surface area contributed by atoms with Gasteiger partial charge in [-0.05, 0) is 48.1 Å². The van der Waals surface area contributed by atoms with Crippen LogP contribution in [0.2, 0.25) is 0 Å². The zero-order chi connectivity index (χ0) is 26.4. The summed E-state index contributed by atoms with van der Waals surface area (Å²) in [4.78, 5) is 19.2. The van der Waals surface area contributed by atoms with E-state index in [1.807, 2.05) is 17.7 Å². The predicted octanol–water partition coefficient (Wildman–Crippen LogP) is 5.16. The van der Waals surface area contributed by atoms with Crippen LogP contribution in [0.15, 0.2) is 42.7 Å². The lowest BCUT2D eigenvalue weighted by Crippen LogP contribution is -2.31. The van der Waals surface area contributed by atoms with E-state index in [4.69, 9.17) is 19.4 Å². The van der Waals surface area contributed by atoms with Crippen molar-refractivity contribution in [3.05, 3.63) is 53.9 Å². The minimum absolute atomic E-state index is 0.0543. The Kier molecular flexibility index (Phi) is 6.01. The predicted molar refractivity (Wildman–Crippen MR) is 151 cm³/mol. The summed E-state index contributed by atoms with van der Waals surface area (Å²) in [6, 6.07) is 12.8. The Morgan fingerprint density at radius 2 is 1.68 bits per heavy atom. The molecule has 4 aromatic rings. The maximum Gasteiger partial charge on any atom is 0.231 e. The number of fused-ring (bicyclic) bond motifs is 2. The Morgan fingerprint density at radius 3 is 2.53 bits per heavy atom. The molecule has 1 saturated heterocycles. The van der Waals surface area contributed by atoms with Gasteiger partial charge in [0, 0.05) is 50.7 Å². The minimum atomic E-state index is 0.0543. The van der Waals surface area contributed by atoms with Gasteiger partial charge in [-0.3, -0.25) is 0 Å². The van der Waals surface area contributed by atoms with Gasteiger partial charge in [0.25, 0.3) is 0 Å². The van der Waals surface area contributed by atoms with Crippen LogP contribution in [0.1, 0.15) is 38.3 Å². The molecule has 2 aromatic carbocycles. The Labute approximate surface area is 223 Å². The van der Waals surface area contributed by atoms with Gasteiger partial charge in [0.15, 0.2) is 23.0 Å². The Hall–Kier alpha value is -4.01. The molecule has 6 rings (SSSR count). The van der Waals surface area contributed by atoms with E-state index in [1.54, 1.807) is 6.33 Å². The third-order valence-electron chi connectivity index (χ3n) is 7.42. The zero-order valence-corrected chi connectivity index (χ0v) is 22.8. The number of benzene rings is 2. The highest BCUT2D eigenvalue weighted by molar-refractivity contribution is 5.87. The molecule has 0 saturated carbocycles. The van der Waals surface area contributed by atoms with Crippen LogP contribution in [0.3, 0.4) is 0 Å². The van der Waals surface area contributed by atoms with Gasteiger partial charge >= 0.3 is 0 Å². The summed E-state index contributed by atoms with van der Waals surface area (Å²) >= 11 is 0. The molecular formula is C29H35N7O2. The maximum atomic E-state index is 5.60. The summed E-state index contributed by atoms with van der Waals surface area (Å²) in [6.45, 7) is 12.6. The Morgan fingerprint density at radius 1 is 0.895 bits per heavy atom. The quantitative estimate of drug-likeness (QED) is 0.401. The van der Waals surface area contributed by atoms with Crippen molar-refractivity contribution in [3.63, 3.8) is 0 Å². The highest BCUT2D eigenvalue weighted by Crippen LogP contribution is 2.36. The monoisotopic (exact) mass is 513 g/mol. The number of hydrogen-bond donors (Lipinski definition) is 1. The van der Waals surface area contributed by atoms with Gasteiger partial charge in [0.1, 0.15) is 5.52 Å². The molecule has 0 radical (unpaired) electrons. The van der Waals surface area contributed by atoms with Gasteiger partial charge in [-0.15, -0.1) is 0 Å². The molecule has 0 unspecified atom stereocenters. The second-order valence-electron chi connectivity index (χ2n) is 11.2. The molecule has 9 heteroatoms. The van der Waals surface area contributed by atoms with Crippen LogP contribution >= 0.6 is 0 Å². The minimum Gasteiger partial charge on any atom is -0.454 e. The van der Waals surface area contributed by atoms with E-state index in [1.165, 1.54) is 11.1 Å². The van der Waals surface area contributed by atoms with Gasteiger partial charge in [-0.2, -0.15) is 9.97 Å². The Bertz CT molecular complexity index is 1490. The first-order chi connectivity index (χ1) is 18.3. The van der Waals surface area contributed by atoms with Crippen LogP contribution in [0.5, 0.6) is 11.5 Å². The molecule has 198 valence electrons. The first-order valence-electron chi connectivity index (χ1n) is 13.2. The van der Waals surface area contributed by atoms with E-state index in [-0.39, 0.29) is 12.2 Å². The average molecular weight is 514 g/mol. The molecule has 0 bridgehead atoms. The molecule has 0 atom stereocenters. The van der Waals surface area contributed by atoms with Crippen molar-refractivity contribution in [1.29, 1.82) is 0 Å². The highest BCUT2D eigenvalue weighted by atomic mass is 16.7. The van der Waals surface area contributed by atoms with Crippen molar-refractivity contribution in [2.45, 2.75) is 39.5 Å². The van der Waals surface area contributed by atoms with E-state index in [0.29, 0.717) is 11.6 Å². The van der Waals surface area contributed by atoms with E-state index < -0.39 is 0 Å². The lowest BCUT2D eigenvalue weighted by atomic mass is 9.86. The fourth-order valence-electron chi connectivity index (χ4n) is 5.08. The Balaban J connectivity index is 1.29. The molecule has 4 heterocycles. The normalized spacial score (nSPS) is 15.7. The third-order valence-corrected chi connectivity index (χ3v) is 7.42. The van der Waals surface area contributed by atoms with Crippen LogP contribution in [0, 0.1) is 6.92 Å². The second-order valence-corrected chi connectivity index (χ2v) is 11.2. The van der Waals surface area contributed by atoms with E-state index in [0.717, 1.165) is 66.8 Å². The number of aromatic nitrogens is 4. The molecule has 2 aromatic heterocycles. The van der Waals surface area contributed by atoms with Gasteiger partial charge in [0.05, 0.1) is 6.33 Å². The van der Waals surface area contributed by atoms with E-state index in [9.17, 15) is 0 Å². The summed E-state index contributed by atoms with van der Waals surface area (Å²) in [5, 5.41) is 3.63. The van der Waals surface area contributed by atoms with Crippen molar-refractivity contribution in [1.82, 2.24) is 19.5 Å². The summed E-state index contributed by atoms with van der Waals surface area (Å²) in [6.07, 6.45) is 2.80. The number of ether oxygens (including phenoxy) is 2. The second kappa shape index (κ2) is 9.38. The molecular weight excluding hydrogens is 478 g/mol. The molecule has 38 heavy (non-hydrogen) atoms. The van der Waals surface area contributed by atoms with E-state index >= 15 is 0 Å². The van der Waals surface area contributed by atoms with Crippen LogP contribution in [0.25, 0.3) is 11.2 Å². The van der Waals surface area contributed by atoms with Gasteiger partial charge in [0.2, 0.25) is 12.7 Å². The molecule has 1 fully saturated rings. The van der Waals surface area contributed by atoms with Crippen molar-refractivity contribution >= 4 is 34.3 Å². The molecule has 2 aliphatic rings. The smallest absolute Gasteiger partial charge is 0.231 e. The van der Waals surface area contributed by atoms with Gasteiger partial charge in [-0.25, -0.2) is 4.98 Å². The van der Waals surface area contributed by atoms with Crippen LogP contribution < -0.4 is 24.6 Å². The lowest BCUT2D eigenvalue weighted by Gasteiger charge is -2.24. The fraction of sp³-hybridized carbons (Fsp3) is 0.414. The number of aryl methyl sites for hydroxylation is 2. The van der Waals surface area contributed by atoms with Crippen molar-refractivity contribution in [2.24, 2.45) is 7.05 Å². The maximum absolute atomic E-state index is 5.60. The number of nitrogens with zero attached hydrogens (tertiary/aromatic N) is 6. The SMILES string of the molecule is Cc1ccc(C(C)(C)C)cc1Nc1nc(N2CCCN(c3ccc4c(c3)OCO4)CC2)nc2ncn(C)c12. The summed E-state index contributed by atoms with van der Waals surface area (Å²) in [7, 11) is 1.98. The number of imidazole rings is 1. The summed E-state index contributed by atoms with van der Waals surface area (Å²) in [5.74, 6) is 3.10. The third kappa shape index (κ3) is 4.57. The van der Waals surface area contributed by atoms with Crippen molar-refractivity contribution in [2.75, 3.05) is 48.1 Å². The number of nitrogens with one attached hydrogen (secondary N) is 1. The van der Waals surface area contributed by atoms with Crippen LogP contribution in [0.4, 0.5) is 23.1 Å². The van der Waals surface area contributed by atoms with Gasteiger partial charge < -0.3 is 29.2 Å². The highest BCUT2D eigenvalue weighted by Gasteiger charge is 2.23. The summed E-state index contributed by atoms with van der Waals surface area (Å²) < 4.78 is 13.1. The first-order valence-corrected chi connectivity index (χ1v) is 13.2. The largest absolute Gasteiger partial charge is 0.454 e. The fourth-order valence-corrected chi connectivity index (χ4v) is 5.08. The zero-order valence-electron chi connectivity index (χ0n) is 22.8. The average Bonchev–Trinajstić information content (AvgIpc) is 3.43. The molecule has 9 nitrogen and oxygen atoms in total. The number of hydrogen-bond acceptors (Lipinski definition) is 8. The molecule has 0 spiro atoms. The molecule has 1 N–H and O–H groups in total. The van der Waals surface area contributed by atoms with Crippen molar-refractivity contribution < 1.29 is 9.47 Å². The number of anilines is 4. The topological polar surface area (TPSA) is 80.6 Å². The van der Waals surface area contributed by atoms with Gasteiger partial charge in [-0.1, -0.05) is 32.9 Å². The standard InChI is InChI=1S/C29H35N7O2/c1-19-7-8-20(29(2,3)4)15-22(19)31-27-25-26(30-17-34(25)5)32-28(33-27)36-12-6-11-35(13-14-36)21-9-10-23-24(16-21)38-18-37-23/h7-10,15-17H,6,11-14,18H2,1-5H3,(H,31,32,33). The molecule has 2 aliphatic heterocycles. The molecule has 0 aliphatic carbocycles. The summed E-state index contributed by atoms with van der Waals surface area (Å²) in [5.41, 5.74) is 6.29. The van der Waals surface area contributed by atoms with Crippen LogP contribution in [-0.4, -0.2) is 52.5 Å².